The molecule has 2 aliphatic carbocycles. The fraction of sp³-hybridized carbons (Fsp3) is 0.444. The van der Waals surface area contributed by atoms with E-state index < -0.39 is 6.17 Å². The Hall–Kier alpha value is -3.22. The van der Waals surface area contributed by atoms with Crippen LogP contribution in [0.15, 0.2) is 48.7 Å². The molecule has 2 heterocycles. The summed E-state index contributed by atoms with van der Waals surface area (Å²) in [4.78, 5) is 6.07. The number of pyridine rings is 1. The van der Waals surface area contributed by atoms with Gasteiger partial charge in [0.25, 0.3) is 0 Å². The van der Waals surface area contributed by atoms with Crippen LogP contribution < -0.4 is 9.64 Å². The van der Waals surface area contributed by atoms with Gasteiger partial charge in [-0.05, 0) is 72.6 Å². The summed E-state index contributed by atoms with van der Waals surface area (Å²) in [5.74, 6) is 1.26. The number of halogens is 1. The normalized spacial score (nSPS) is 28.0. The summed E-state index contributed by atoms with van der Waals surface area (Å²) in [7, 11) is 3.48. The third kappa shape index (κ3) is 3.87. The molecule has 6 nitrogen and oxygen atoms in total. The van der Waals surface area contributed by atoms with E-state index in [1.807, 2.05) is 48.3 Å². The van der Waals surface area contributed by atoms with Gasteiger partial charge in [0.2, 0.25) is 5.88 Å². The van der Waals surface area contributed by atoms with Gasteiger partial charge in [0.1, 0.15) is 11.9 Å². The van der Waals surface area contributed by atoms with Crippen LogP contribution in [0.25, 0.3) is 22.4 Å². The number of methoxy groups -OCH3 is 1. The van der Waals surface area contributed by atoms with Crippen molar-refractivity contribution in [2.75, 3.05) is 19.1 Å². The predicted molar refractivity (Wildman–Crippen MR) is 131 cm³/mol. The van der Waals surface area contributed by atoms with Gasteiger partial charge in [-0.15, -0.1) is 10.2 Å². The number of aromatic hydroxyl groups is 1. The van der Waals surface area contributed by atoms with E-state index in [1.54, 1.807) is 19.4 Å². The number of ether oxygens (including phenoxy) is 1. The maximum atomic E-state index is 15.5. The number of hydrogen-bond donors (Lipinski definition) is 1. The Bertz CT molecular complexity index is 1200. The van der Waals surface area contributed by atoms with Gasteiger partial charge in [-0.25, -0.2) is 9.37 Å². The van der Waals surface area contributed by atoms with E-state index in [1.165, 1.54) is 0 Å². The zero-order chi connectivity index (χ0) is 24.1. The van der Waals surface area contributed by atoms with Crippen molar-refractivity contribution in [3.8, 4) is 34.0 Å². The number of benzene rings is 1. The molecule has 7 heteroatoms. The molecule has 178 valence electrons. The molecule has 0 saturated heterocycles. The Morgan fingerprint density at radius 3 is 2.56 bits per heavy atom. The molecule has 1 N–H and O–H groups in total. The van der Waals surface area contributed by atoms with Crippen molar-refractivity contribution in [3.63, 3.8) is 0 Å². The molecule has 4 atom stereocenters. The van der Waals surface area contributed by atoms with E-state index in [0.717, 1.165) is 36.8 Å². The van der Waals surface area contributed by atoms with Gasteiger partial charge in [-0.3, -0.25) is 0 Å². The minimum absolute atomic E-state index is 0.109. The van der Waals surface area contributed by atoms with Crippen LogP contribution >= 0.6 is 0 Å². The Labute approximate surface area is 199 Å². The van der Waals surface area contributed by atoms with Gasteiger partial charge in [-0.1, -0.05) is 19.9 Å². The fourth-order valence-electron chi connectivity index (χ4n) is 6.01. The lowest BCUT2D eigenvalue weighted by Gasteiger charge is -2.46. The van der Waals surface area contributed by atoms with Crippen molar-refractivity contribution in [1.82, 2.24) is 15.2 Å². The Kier molecular flexibility index (Phi) is 5.46. The molecule has 34 heavy (non-hydrogen) atoms. The van der Waals surface area contributed by atoms with E-state index in [9.17, 15) is 5.11 Å². The summed E-state index contributed by atoms with van der Waals surface area (Å²) in [5.41, 5.74) is 2.82. The summed E-state index contributed by atoms with van der Waals surface area (Å²) >= 11 is 0. The fourth-order valence-corrected chi connectivity index (χ4v) is 6.01. The predicted octanol–water partition coefficient (Wildman–Crippen LogP) is 5.66. The number of phenolic OH excluding ortho intramolecular Hbond substituents is 1. The number of alkyl halides is 1. The molecule has 0 unspecified atom stereocenters. The van der Waals surface area contributed by atoms with Crippen molar-refractivity contribution in [2.24, 2.45) is 10.8 Å². The second-order valence-corrected chi connectivity index (χ2v) is 10.5. The zero-order valence-corrected chi connectivity index (χ0v) is 20.1. The van der Waals surface area contributed by atoms with Gasteiger partial charge in [0.05, 0.1) is 18.8 Å². The molecule has 0 amide bonds. The molecule has 0 radical (unpaired) electrons. The Balaban J connectivity index is 1.37. The van der Waals surface area contributed by atoms with Gasteiger partial charge < -0.3 is 14.7 Å². The van der Waals surface area contributed by atoms with Crippen molar-refractivity contribution < 1.29 is 14.2 Å². The number of rotatable bonds is 5. The average Bonchev–Trinajstić information content (AvgIpc) is 3.12. The lowest BCUT2D eigenvalue weighted by molar-refractivity contribution is 0.0380. The maximum absolute atomic E-state index is 15.5. The summed E-state index contributed by atoms with van der Waals surface area (Å²) < 4.78 is 20.7. The van der Waals surface area contributed by atoms with Gasteiger partial charge in [-0.2, -0.15) is 0 Å². The van der Waals surface area contributed by atoms with E-state index in [2.05, 4.69) is 29.0 Å². The number of fused-ring (bicyclic) bond motifs is 2. The van der Waals surface area contributed by atoms with Crippen LogP contribution in [0.2, 0.25) is 0 Å². The van der Waals surface area contributed by atoms with Crippen LogP contribution in [0.3, 0.4) is 0 Å². The van der Waals surface area contributed by atoms with E-state index in [4.69, 9.17) is 4.74 Å². The Morgan fingerprint density at radius 2 is 1.85 bits per heavy atom. The molecule has 5 rings (SSSR count). The molecule has 2 fully saturated rings. The lowest BCUT2D eigenvalue weighted by atomic mass is 9.67. The van der Waals surface area contributed by atoms with Gasteiger partial charge in [0.15, 0.2) is 5.82 Å². The first kappa shape index (κ1) is 22.6. The smallest absolute Gasteiger partial charge is 0.213 e. The molecule has 2 saturated carbocycles. The molecular weight excluding hydrogens is 431 g/mol. The van der Waals surface area contributed by atoms with E-state index >= 15 is 4.39 Å². The van der Waals surface area contributed by atoms with Crippen LogP contribution in [-0.4, -0.2) is 46.7 Å². The van der Waals surface area contributed by atoms with Crippen LogP contribution in [0.1, 0.15) is 39.5 Å². The van der Waals surface area contributed by atoms with Crippen molar-refractivity contribution in [1.29, 1.82) is 0 Å². The minimum Gasteiger partial charge on any atom is -0.507 e. The molecule has 2 aliphatic rings. The standard InChI is InChI=1S/C27H31FN4O2/c1-26-10-11-27(2,16-26)25(28)21(15-26)32(3)23-8-7-20(30-31-23)19-6-5-17(13-22(19)33)18-9-12-29-24(14-18)34-4/h5-9,12-14,21,25,33H,10-11,15-16H2,1-4H3/t21-,25-,26-,27-/m0/s1. The van der Waals surface area contributed by atoms with Gasteiger partial charge in [0, 0.05) is 30.3 Å². The third-order valence-corrected chi connectivity index (χ3v) is 7.90. The first-order valence-corrected chi connectivity index (χ1v) is 11.8. The van der Waals surface area contributed by atoms with Crippen LogP contribution in [-0.2, 0) is 0 Å². The number of aromatic nitrogens is 3. The zero-order valence-electron chi connectivity index (χ0n) is 20.1. The molecule has 2 bridgehead atoms. The van der Waals surface area contributed by atoms with Crippen molar-refractivity contribution in [3.05, 3.63) is 48.7 Å². The lowest BCUT2D eigenvalue weighted by Crippen LogP contribution is -2.52. The topological polar surface area (TPSA) is 71.4 Å². The highest BCUT2D eigenvalue weighted by Gasteiger charge is 2.56. The third-order valence-electron chi connectivity index (χ3n) is 7.90. The summed E-state index contributed by atoms with van der Waals surface area (Å²) in [5, 5.41) is 19.5. The summed E-state index contributed by atoms with van der Waals surface area (Å²) in [6.07, 6.45) is 4.59. The molecule has 1 aromatic carbocycles. The molecule has 0 spiro atoms. The maximum Gasteiger partial charge on any atom is 0.213 e. The first-order chi connectivity index (χ1) is 16.2. The highest BCUT2D eigenvalue weighted by molar-refractivity contribution is 5.74. The largest absolute Gasteiger partial charge is 0.507 e. The second-order valence-electron chi connectivity index (χ2n) is 10.5. The first-order valence-electron chi connectivity index (χ1n) is 11.8. The monoisotopic (exact) mass is 462 g/mol. The highest BCUT2D eigenvalue weighted by atomic mass is 19.1. The minimum atomic E-state index is -0.891. The number of hydrogen-bond acceptors (Lipinski definition) is 6. The summed E-state index contributed by atoms with van der Waals surface area (Å²) in [6, 6.07) is 12.6. The van der Waals surface area contributed by atoms with Crippen molar-refractivity contribution >= 4 is 5.82 Å². The van der Waals surface area contributed by atoms with Crippen molar-refractivity contribution in [2.45, 2.75) is 51.7 Å². The molecule has 3 aromatic rings. The second kappa shape index (κ2) is 8.22. The van der Waals surface area contributed by atoms with Crippen LogP contribution in [0.4, 0.5) is 10.2 Å². The average molecular weight is 463 g/mol. The van der Waals surface area contributed by atoms with Crippen LogP contribution in [0, 0.1) is 10.8 Å². The molecule has 0 aliphatic heterocycles. The Morgan fingerprint density at radius 1 is 1.06 bits per heavy atom. The van der Waals surface area contributed by atoms with E-state index in [0.29, 0.717) is 23.0 Å². The molecule has 2 aromatic heterocycles. The van der Waals surface area contributed by atoms with E-state index in [-0.39, 0.29) is 22.6 Å². The van der Waals surface area contributed by atoms with Gasteiger partial charge >= 0.3 is 0 Å². The summed E-state index contributed by atoms with van der Waals surface area (Å²) in [6.45, 7) is 4.38. The quantitative estimate of drug-likeness (QED) is 0.527. The number of nitrogens with zero attached hydrogens (tertiary/aromatic N) is 4. The van der Waals surface area contributed by atoms with Crippen LogP contribution in [0.5, 0.6) is 11.6 Å². The highest BCUT2D eigenvalue weighted by Crippen LogP contribution is 2.59. The number of anilines is 1. The number of phenols is 1. The molecular formula is C27H31FN4O2. The SMILES string of the molecule is COc1cc(-c2ccc(-c3ccc(N(C)[C@H]4C[C@]5(C)CC[C@@](C)(C5)[C@H]4F)nn3)c(O)c2)ccn1.